The molecular formula is C16H23N3O2. The number of hydrogen-bond donors (Lipinski definition) is 1. The summed E-state index contributed by atoms with van der Waals surface area (Å²) in [6, 6.07) is 6.16. The average molecular weight is 289 g/mol. The molecule has 0 aromatic heterocycles. The number of nitrogens with two attached hydrogens (primary N) is 1. The van der Waals surface area contributed by atoms with E-state index in [1.54, 1.807) is 6.07 Å². The van der Waals surface area contributed by atoms with E-state index in [1.807, 2.05) is 24.0 Å². The van der Waals surface area contributed by atoms with E-state index in [-0.39, 0.29) is 5.91 Å². The minimum Gasteiger partial charge on any atom is -0.493 e. The second-order valence-electron chi connectivity index (χ2n) is 5.71. The highest BCUT2D eigenvalue weighted by molar-refractivity contribution is 6.02. The van der Waals surface area contributed by atoms with Crippen molar-refractivity contribution in [2.75, 3.05) is 38.5 Å². The molecule has 5 heteroatoms. The van der Waals surface area contributed by atoms with Crippen LogP contribution in [0.2, 0.25) is 0 Å². The molecule has 2 N–H and O–H groups in total. The summed E-state index contributed by atoms with van der Waals surface area (Å²) in [6.45, 7) is 5.91. The third-order valence-electron chi connectivity index (χ3n) is 4.24. The molecule has 0 bridgehead atoms. The highest BCUT2D eigenvalue weighted by atomic mass is 16.5. The lowest BCUT2D eigenvalue weighted by Gasteiger charge is -2.35. The van der Waals surface area contributed by atoms with Crippen molar-refractivity contribution in [1.29, 1.82) is 0 Å². The summed E-state index contributed by atoms with van der Waals surface area (Å²) in [7, 11) is 0. The number of carbonyl (C=O) groups excluding carboxylic acids is 1. The number of rotatable bonds is 4. The van der Waals surface area contributed by atoms with Crippen molar-refractivity contribution in [3.8, 4) is 5.75 Å². The molecule has 0 radical (unpaired) electrons. The molecule has 1 aromatic carbocycles. The van der Waals surface area contributed by atoms with E-state index in [0.29, 0.717) is 23.6 Å². The molecule has 21 heavy (non-hydrogen) atoms. The van der Waals surface area contributed by atoms with Gasteiger partial charge in [-0.1, -0.05) is 6.07 Å². The minimum atomic E-state index is -0.00741. The van der Waals surface area contributed by atoms with Crippen LogP contribution in [0.4, 0.5) is 5.69 Å². The molecule has 1 heterocycles. The van der Waals surface area contributed by atoms with Gasteiger partial charge in [0.1, 0.15) is 11.3 Å². The molecule has 1 saturated heterocycles. The number of benzene rings is 1. The molecule has 5 nitrogen and oxygen atoms in total. The Bertz CT molecular complexity index is 520. The van der Waals surface area contributed by atoms with E-state index in [4.69, 9.17) is 10.5 Å². The van der Waals surface area contributed by atoms with Crippen molar-refractivity contribution in [2.45, 2.75) is 25.8 Å². The van der Waals surface area contributed by atoms with Crippen molar-refractivity contribution in [1.82, 2.24) is 9.80 Å². The van der Waals surface area contributed by atoms with Gasteiger partial charge in [0.25, 0.3) is 5.91 Å². The molecule has 1 saturated carbocycles. The fourth-order valence-corrected chi connectivity index (χ4v) is 2.94. The topological polar surface area (TPSA) is 58.8 Å². The van der Waals surface area contributed by atoms with Crippen LogP contribution in [-0.4, -0.2) is 54.5 Å². The summed E-state index contributed by atoms with van der Waals surface area (Å²) >= 11 is 0. The third-order valence-corrected chi connectivity index (χ3v) is 4.24. The van der Waals surface area contributed by atoms with Crippen LogP contribution >= 0.6 is 0 Å². The zero-order valence-electron chi connectivity index (χ0n) is 12.5. The van der Waals surface area contributed by atoms with E-state index in [2.05, 4.69) is 4.90 Å². The molecule has 1 aliphatic heterocycles. The smallest absolute Gasteiger partial charge is 0.259 e. The maximum absolute atomic E-state index is 12.8. The monoisotopic (exact) mass is 289 g/mol. The average Bonchev–Trinajstić information content (AvgIpc) is 3.32. The molecule has 1 aromatic rings. The highest BCUT2D eigenvalue weighted by Crippen LogP contribution is 2.29. The predicted molar refractivity (Wildman–Crippen MR) is 82.5 cm³/mol. The Morgan fingerprint density at radius 3 is 2.62 bits per heavy atom. The molecular weight excluding hydrogens is 266 g/mol. The first-order valence-corrected chi connectivity index (χ1v) is 7.75. The summed E-state index contributed by atoms with van der Waals surface area (Å²) in [5.74, 6) is 0.583. The fourth-order valence-electron chi connectivity index (χ4n) is 2.94. The summed E-state index contributed by atoms with van der Waals surface area (Å²) < 4.78 is 5.56. The molecule has 3 rings (SSSR count). The normalized spacial score (nSPS) is 19.6. The zero-order chi connectivity index (χ0) is 14.8. The van der Waals surface area contributed by atoms with Gasteiger partial charge in [0.05, 0.1) is 6.61 Å². The Balaban J connectivity index is 1.73. The van der Waals surface area contributed by atoms with Crippen molar-refractivity contribution in [2.24, 2.45) is 0 Å². The number of nitrogens with zero attached hydrogens (tertiary/aromatic N) is 2. The molecule has 1 aliphatic carbocycles. The first-order valence-electron chi connectivity index (χ1n) is 7.75. The van der Waals surface area contributed by atoms with Gasteiger partial charge >= 0.3 is 0 Å². The molecule has 2 aliphatic rings. The second-order valence-corrected chi connectivity index (χ2v) is 5.71. The first-order chi connectivity index (χ1) is 10.2. The lowest BCUT2D eigenvalue weighted by molar-refractivity contribution is 0.0624. The lowest BCUT2D eigenvalue weighted by atomic mass is 10.1. The Morgan fingerprint density at radius 1 is 1.29 bits per heavy atom. The van der Waals surface area contributed by atoms with E-state index >= 15 is 0 Å². The largest absolute Gasteiger partial charge is 0.493 e. The molecule has 0 unspecified atom stereocenters. The Morgan fingerprint density at radius 2 is 2.00 bits per heavy atom. The van der Waals surface area contributed by atoms with E-state index in [0.717, 1.165) is 32.2 Å². The fraction of sp³-hybridized carbons (Fsp3) is 0.562. The zero-order valence-corrected chi connectivity index (χ0v) is 12.5. The Hall–Kier alpha value is -1.75. The van der Waals surface area contributed by atoms with Crippen molar-refractivity contribution >= 4 is 11.6 Å². The quantitative estimate of drug-likeness (QED) is 0.855. The van der Waals surface area contributed by atoms with Gasteiger partial charge in [0.2, 0.25) is 0 Å². The van der Waals surface area contributed by atoms with E-state index in [9.17, 15) is 4.79 Å². The van der Waals surface area contributed by atoms with Gasteiger partial charge in [0.15, 0.2) is 0 Å². The van der Waals surface area contributed by atoms with Crippen LogP contribution in [0.15, 0.2) is 18.2 Å². The SMILES string of the molecule is CCOc1cccc(N)c1C(=O)N1CCN(C2CC2)CC1. The molecule has 0 spiro atoms. The van der Waals surface area contributed by atoms with E-state index < -0.39 is 0 Å². The summed E-state index contributed by atoms with van der Waals surface area (Å²) in [6.07, 6.45) is 2.63. The number of carbonyl (C=O) groups is 1. The maximum Gasteiger partial charge on any atom is 0.259 e. The minimum absolute atomic E-state index is 0.00741. The van der Waals surface area contributed by atoms with Crippen molar-refractivity contribution in [3.05, 3.63) is 23.8 Å². The van der Waals surface area contributed by atoms with Crippen LogP contribution in [0.25, 0.3) is 0 Å². The van der Waals surface area contributed by atoms with Gasteiger partial charge in [-0.25, -0.2) is 0 Å². The van der Waals surface area contributed by atoms with Crippen LogP contribution in [0.1, 0.15) is 30.1 Å². The van der Waals surface area contributed by atoms with Gasteiger partial charge in [-0.3, -0.25) is 9.69 Å². The number of amides is 1. The summed E-state index contributed by atoms with van der Waals surface area (Å²) in [5, 5.41) is 0. The summed E-state index contributed by atoms with van der Waals surface area (Å²) in [4.78, 5) is 17.1. The molecule has 0 atom stereocenters. The van der Waals surface area contributed by atoms with Crippen molar-refractivity contribution in [3.63, 3.8) is 0 Å². The number of piperazine rings is 1. The number of anilines is 1. The Kier molecular flexibility index (Phi) is 4.01. The lowest BCUT2D eigenvalue weighted by Crippen LogP contribution is -2.49. The standard InChI is InChI=1S/C16H23N3O2/c1-2-21-14-5-3-4-13(17)15(14)16(20)19-10-8-18(9-11-19)12-6-7-12/h3-5,12H,2,6-11,17H2,1H3. The number of ether oxygens (including phenoxy) is 1. The molecule has 1 amide bonds. The summed E-state index contributed by atoms with van der Waals surface area (Å²) in [5.41, 5.74) is 7.02. The van der Waals surface area contributed by atoms with Gasteiger partial charge in [-0.2, -0.15) is 0 Å². The first kappa shape index (κ1) is 14.2. The predicted octanol–water partition coefficient (Wildman–Crippen LogP) is 1.59. The Labute approximate surface area is 125 Å². The van der Waals surface area contributed by atoms with Gasteiger partial charge in [-0.05, 0) is 31.9 Å². The third kappa shape index (κ3) is 2.97. The van der Waals surface area contributed by atoms with Gasteiger partial charge in [0, 0.05) is 37.9 Å². The number of nitrogen functional groups attached to an aromatic ring is 1. The maximum atomic E-state index is 12.8. The second kappa shape index (κ2) is 5.93. The van der Waals surface area contributed by atoms with Crippen LogP contribution in [-0.2, 0) is 0 Å². The van der Waals surface area contributed by atoms with Crippen LogP contribution in [0, 0.1) is 0 Å². The van der Waals surface area contributed by atoms with Crippen LogP contribution in [0.3, 0.4) is 0 Å². The van der Waals surface area contributed by atoms with E-state index in [1.165, 1.54) is 12.8 Å². The van der Waals surface area contributed by atoms with Crippen LogP contribution < -0.4 is 10.5 Å². The van der Waals surface area contributed by atoms with Gasteiger partial charge < -0.3 is 15.4 Å². The highest BCUT2D eigenvalue weighted by Gasteiger charge is 2.33. The molecule has 114 valence electrons. The van der Waals surface area contributed by atoms with Crippen molar-refractivity contribution < 1.29 is 9.53 Å². The van der Waals surface area contributed by atoms with Crippen LogP contribution in [0.5, 0.6) is 5.75 Å². The number of hydrogen-bond acceptors (Lipinski definition) is 4. The van der Waals surface area contributed by atoms with Gasteiger partial charge in [-0.15, -0.1) is 0 Å². The molecule has 2 fully saturated rings.